The Kier molecular flexibility index (Phi) is 2.87. The van der Waals surface area contributed by atoms with E-state index in [-0.39, 0.29) is 0 Å². The van der Waals surface area contributed by atoms with Gasteiger partial charge in [0.15, 0.2) is 6.10 Å². The summed E-state index contributed by atoms with van der Waals surface area (Å²) in [6.45, 7) is 0. The van der Waals surface area contributed by atoms with Gasteiger partial charge in [0.1, 0.15) is 0 Å². The molecule has 0 aliphatic rings. The van der Waals surface area contributed by atoms with Gasteiger partial charge in [-0.3, -0.25) is 0 Å². The van der Waals surface area contributed by atoms with E-state index in [2.05, 4.69) is 5.32 Å². The molecule has 1 aromatic rings. The molecule has 0 bridgehead atoms. The quantitative estimate of drug-likeness (QED) is 0.646. The lowest BCUT2D eigenvalue weighted by Gasteiger charge is -2.06. The van der Waals surface area contributed by atoms with Crippen LogP contribution >= 0.6 is 0 Å². The SMILES string of the molecule is CNc1ccc(C(O)C(=O)O)cc1. The fourth-order valence-corrected chi connectivity index (χ4v) is 0.975. The van der Waals surface area contributed by atoms with Gasteiger partial charge in [0.05, 0.1) is 0 Å². The van der Waals surface area contributed by atoms with Gasteiger partial charge in [-0.25, -0.2) is 4.79 Å². The van der Waals surface area contributed by atoms with Crippen molar-refractivity contribution < 1.29 is 15.0 Å². The van der Waals surface area contributed by atoms with E-state index in [1.54, 1.807) is 31.3 Å². The van der Waals surface area contributed by atoms with Gasteiger partial charge < -0.3 is 15.5 Å². The predicted octanol–water partition coefficient (Wildman–Crippen LogP) is 0.846. The van der Waals surface area contributed by atoms with Crippen molar-refractivity contribution in [1.29, 1.82) is 0 Å². The summed E-state index contributed by atoms with van der Waals surface area (Å²) in [5.74, 6) is -1.24. The minimum Gasteiger partial charge on any atom is -0.479 e. The lowest BCUT2D eigenvalue weighted by Crippen LogP contribution is -2.10. The normalized spacial score (nSPS) is 12.2. The van der Waals surface area contributed by atoms with Crippen LogP contribution in [0.15, 0.2) is 24.3 Å². The molecular formula is C9H11NO3. The minimum atomic E-state index is -1.44. The highest BCUT2D eigenvalue weighted by Crippen LogP contribution is 2.15. The second-order valence-electron chi connectivity index (χ2n) is 2.61. The number of hydrogen-bond acceptors (Lipinski definition) is 3. The van der Waals surface area contributed by atoms with Crippen molar-refractivity contribution in [3.8, 4) is 0 Å². The van der Waals surface area contributed by atoms with Gasteiger partial charge in [0, 0.05) is 12.7 Å². The van der Waals surface area contributed by atoms with Crippen molar-refractivity contribution in [3.63, 3.8) is 0 Å². The molecule has 1 unspecified atom stereocenters. The maximum Gasteiger partial charge on any atom is 0.337 e. The molecule has 4 nitrogen and oxygen atoms in total. The van der Waals surface area contributed by atoms with Crippen LogP contribution in [-0.4, -0.2) is 23.2 Å². The lowest BCUT2D eigenvalue weighted by molar-refractivity contribution is -0.146. The average molecular weight is 181 g/mol. The largest absolute Gasteiger partial charge is 0.479 e. The molecule has 4 heteroatoms. The van der Waals surface area contributed by atoms with Crippen molar-refractivity contribution in [3.05, 3.63) is 29.8 Å². The minimum absolute atomic E-state index is 0.381. The molecule has 0 heterocycles. The van der Waals surface area contributed by atoms with Crippen LogP contribution < -0.4 is 5.32 Å². The van der Waals surface area contributed by atoms with E-state index < -0.39 is 12.1 Å². The van der Waals surface area contributed by atoms with Gasteiger partial charge in [-0.05, 0) is 17.7 Å². The molecule has 13 heavy (non-hydrogen) atoms. The third-order valence-electron chi connectivity index (χ3n) is 1.75. The van der Waals surface area contributed by atoms with Crippen LogP contribution in [-0.2, 0) is 4.79 Å². The maximum absolute atomic E-state index is 10.4. The Hall–Kier alpha value is -1.55. The van der Waals surface area contributed by atoms with Gasteiger partial charge >= 0.3 is 5.97 Å². The monoisotopic (exact) mass is 181 g/mol. The number of aliphatic hydroxyl groups excluding tert-OH is 1. The molecule has 0 aliphatic carbocycles. The Labute approximate surface area is 75.8 Å². The molecule has 0 aromatic heterocycles. The predicted molar refractivity (Wildman–Crippen MR) is 48.6 cm³/mol. The molecule has 0 saturated carbocycles. The van der Waals surface area contributed by atoms with Gasteiger partial charge in [0.25, 0.3) is 0 Å². The standard InChI is InChI=1S/C9H11NO3/c1-10-7-4-2-6(3-5-7)8(11)9(12)13/h2-5,8,10-11H,1H3,(H,12,13). The molecule has 1 rings (SSSR count). The molecule has 1 atom stereocenters. The molecule has 0 aliphatic heterocycles. The lowest BCUT2D eigenvalue weighted by atomic mass is 10.1. The summed E-state index contributed by atoms with van der Waals surface area (Å²) in [6, 6.07) is 6.57. The first-order valence-corrected chi connectivity index (χ1v) is 3.83. The molecule has 0 fully saturated rings. The number of nitrogens with one attached hydrogen (secondary N) is 1. The van der Waals surface area contributed by atoms with Crippen LogP contribution in [0.5, 0.6) is 0 Å². The smallest absolute Gasteiger partial charge is 0.337 e. The van der Waals surface area contributed by atoms with Crippen LogP contribution in [0.4, 0.5) is 5.69 Å². The van der Waals surface area contributed by atoms with Gasteiger partial charge in [0.2, 0.25) is 0 Å². The fraction of sp³-hybridized carbons (Fsp3) is 0.222. The van der Waals surface area contributed by atoms with Crippen LogP contribution in [0.3, 0.4) is 0 Å². The Bertz CT molecular complexity index is 294. The number of aliphatic hydroxyl groups is 1. The topological polar surface area (TPSA) is 69.6 Å². The van der Waals surface area contributed by atoms with Gasteiger partial charge in [-0.2, -0.15) is 0 Å². The summed E-state index contributed by atoms with van der Waals surface area (Å²) in [6.07, 6.45) is -1.44. The zero-order chi connectivity index (χ0) is 9.84. The summed E-state index contributed by atoms with van der Waals surface area (Å²) in [4.78, 5) is 10.4. The molecule has 3 N–H and O–H groups in total. The first-order chi connectivity index (χ1) is 6.15. The van der Waals surface area contributed by atoms with E-state index in [1.165, 1.54) is 0 Å². The second-order valence-corrected chi connectivity index (χ2v) is 2.61. The van der Waals surface area contributed by atoms with E-state index in [9.17, 15) is 4.79 Å². The molecule has 0 amide bonds. The van der Waals surface area contributed by atoms with E-state index in [0.29, 0.717) is 5.56 Å². The Balaban J connectivity index is 2.85. The van der Waals surface area contributed by atoms with Crippen molar-refractivity contribution in [2.45, 2.75) is 6.10 Å². The van der Waals surface area contributed by atoms with Crippen LogP contribution in [0.25, 0.3) is 0 Å². The molecule has 0 spiro atoms. The highest BCUT2D eigenvalue weighted by Gasteiger charge is 2.14. The number of carbonyl (C=O) groups is 1. The summed E-state index contributed by atoms with van der Waals surface area (Å²) in [5.41, 5.74) is 1.26. The third-order valence-corrected chi connectivity index (χ3v) is 1.75. The zero-order valence-electron chi connectivity index (χ0n) is 7.19. The van der Waals surface area contributed by atoms with E-state index in [0.717, 1.165) is 5.69 Å². The third kappa shape index (κ3) is 2.19. The number of rotatable bonds is 3. The average Bonchev–Trinajstić information content (AvgIpc) is 2.17. The van der Waals surface area contributed by atoms with Gasteiger partial charge in [-0.1, -0.05) is 12.1 Å². The summed E-state index contributed by atoms with van der Waals surface area (Å²) in [5, 5.41) is 20.5. The van der Waals surface area contributed by atoms with Crippen LogP contribution in [0, 0.1) is 0 Å². The van der Waals surface area contributed by atoms with Crippen molar-refractivity contribution in [2.24, 2.45) is 0 Å². The Morgan fingerprint density at radius 2 is 1.92 bits per heavy atom. The Morgan fingerprint density at radius 1 is 1.38 bits per heavy atom. The van der Waals surface area contributed by atoms with E-state index in [4.69, 9.17) is 10.2 Å². The molecule has 0 radical (unpaired) electrons. The first-order valence-electron chi connectivity index (χ1n) is 3.83. The number of hydrogen-bond donors (Lipinski definition) is 3. The van der Waals surface area contributed by atoms with Gasteiger partial charge in [-0.15, -0.1) is 0 Å². The molecule has 70 valence electrons. The van der Waals surface area contributed by atoms with E-state index in [1.807, 2.05) is 0 Å². The summed E-state index contributed by atoms with van der Waals surface area (Å²) >= 11 is 0. The summed E-state index contributed by atoms with van der Waals surface area (Å²) < 4.78 is 0. The van der Waals surface area contributed by atoms with Crippen molar-refractivity contribution in [1.82, 2.24) is 0 Å². The molecular weight excluding hydrogens is 170 g/mol. The number of aliphatic carboxylic acids is 1. The highest BCUT2D eigenvalue weighted by molar-refractivity contribution is 5.74. The fourth-order valence-electron chi connectivity index (χ4n) is 0.975. The number of carboxylic acids is 1. The van der Waals surface area contributed by atoms with Crippen molar-refractivity contribution in [2.75, 3.05) is 12.4 Å². The number of carboxylic acid groups (broad SMARTS) is 1. The molecule has 1 aromatic carbocycles. The first kappa shape index (κ1) is 9.54. The summed E-state index contributed by atoms with van der Waals surface area (Å²) in [7, 11) is 1.77. The number of anilines is 1. The van der Waals surface area contributed by atoms with Crippen molar-refractivity contribution >= 4 is 11.7 Å². The second kappa shape index (κ2) is 3.91. The number of benzene rings is 1. The highest BCUT2D eigenvalue weighted by atomic mass is 16.4. The van der Waals surface area contributed by atoms with Crippen LogP contribution in [0.1, 0.15) is 11.7 Å². The van der Waals surface area contributed by atoms with E-state index >= 15 is 0 Å². The maximum atomic E-state index is 10.4. The zero-order valence-corrected chi connectivity index (χ0v) is 7.19. The molecule has 0 saturated heterocycles. The Morgan fingerprint density at radius 3 is 2.31 bits per heavy atom. The van der Waals surface area contributed by atoms with Crippen LogP contribution in [0.2, 0.25) is 0 Å².